The highest BCUT2D eigenvalue weighted by atomic mass is 35.5. The summed E-state index contributed by atoms with van der Waals surface area (Å²) in [6, 6.07) is 8.77. The number of ether oxygens (including phenoxy) is 3. The van der Waals surface area contributed by atoms with Gasteiger partial charge in [-0.15, -0.1) is 10.2 Å². The van der Waals surface area contributed by atoms with Gasteiger partial charge in [-0.1, -0.05) is 37.0 Å². The van der Waals surface area contributed by atoms with E-state index in [0.717, 1.165) is 0 Å². The molecule has 4 aromatic rings. The monoisotopic (exact) mass is 734 g/mol. The minimum Gasteiger partial charge on any atom is -0.478 e. The first-order chi connectivity index (χ1) is 26.6. The van der Waals surface area contributed by atoms with Crippen LogP contribution in [0.1, 0.15) is 117 Å². The van der Waals surface area contributed by atoms with Gasteiger partial charge in [-0.25, -0.2) is 28.9 Å². The average molecular weight is 736 g/mol. The Balaban J connectivity index is 0.000000223. The van der Waals surface area contributed by atoms with Crippen LogP contribution in [0.4, 0.5) is 0 Å². The number of esters is 1. The van der Waals surface area contributed by atoms with Crippen LogP contribution < -0.4 is 9.47 Å². The molecule has 0 amide bonds. The van der Waals surface area contributed by atoms with Gasteiger partial charge < -0.3 is 19.3 Å². The molecule has 0 unspecified atom stereocenters. The van der Waals surface area contributed by atoms with Crippen LogP contribution in [0.3, 0.4) is 0 Å². The molecule has 0 radical (unpaired) electrons. The Morgan fingerprint density at radius 3 is 1.62 bits per heavy atom. The minimum absolute atomic E-state index is 0.0353. The topological polar surface area (TPSA) is 143 Å². The largest absolute Gasteiger partial charge is 0.478 e. The first kappa shape index (κ1) is 27.5. The Kier molecular flexibility index (Phi) is 8.48. The van der Waals surface area contributed by atoms with Crippen molar-refractivity contribution in [2.24, 2.45) is 10.8 Å². The maximum absolute atomic E-state index is 12.2. The Bertz CT molecular complexity index is 2170. The van der Waals surface area contributed by atoms with Crippen molar-refractivity contribution in [2.75, 3.05) is 13.2 Å². The quantitative estimate of drug-likeness (QED) is 0.0990. The lowest BCUT2D eigenvalue weighted by Gasteiger charge is -2.19. The number of hydrogen-bond acceptors (Lipinski definition) is 9. The predicted octanol–water partition coefficient (Wildman–Crippen LogP) is 8.41. The Hall–Kier alpha value is -4.16. The molecule has 6 rings (SSSR count). The number of halogens is 2. The van der Waals surface area contributed by atoms with Crippen LogP contribution in [-0.4, -0.2) is 65.4 Å². The molecule has 0 atom stereocenters. The van der Waals surface area contributed by atoms with E-state index in [4.69, 9.17) is 53.5 Å². The van der Waals surface area contributed by atoms with Gasteiger partial charge in [-0.2, -0.15) is 0 Å². The molecule has 14 heteroatoms. The molecular formula is C36H44Cl2N6O6. The zero-order valence-corrected chi connectivity index (χ0v) is 29.8. The predicted molar refractivity (Wildman–Crippen MR) is 189 cm³/mol. The SMILES string of the molecule is [2H]C([2H])(COc1ccn(-c2ccc(C(=O)O)c(Cl)n2)n1)C([2H])([2H])C1(C)CC1.[2H]C([2H])(COc1ccn(-c2ccc(C(=O)OC(C)(C)C)c(Cl)n2)n1)C([2H])([2H])C1(C)CC1. The van der Waals surface area contributed by atoms with E-state index in [1.165, 1.54) is 45.9 Å². The molecule has 0 aliphatic heterocycles. The maximum Gasteiger partial charge on any atom is 0.341 e. The number of hydrogen-bond donors (Lipinski definition) is 1. The number of nitrogens with zero attached hydrogens (tertiary/aromatic N) is 6. The van der Waals surface area contributed by atoms with Crippen LogP contribution in [0.15, 0.2) is 48.8 Å². The van der Waals surface area contributed by atoms with Crippen molar-refractivity contribution >= 4 is 35.1 Å². The van der Waals surface area contributed by atoms with E-state index >= 15 is 0 Å². The van der Waals surface area contributed by atoms with Crippen molar-refractivity contribution < 1.29 is 39.9 Å². The molecule has 0 bridgehead atoms. The summed E-state index contributed by atoms with van der Waals surface area (Å²) in [7, 11) is 0. The van der Waals surface area contributed by atoms with Gasteiger partial charge in [-0.3, -0.25) is 0 Å². The third-order valence-electron chi connectivity index (χ3n) is 7.48. The van der Waals surface area contributed by atoms with Gasteiger partial charge in [0.2, 0.25) is 11.8 Å². The maximum atomic E-state index is 12.2. The lowest BCUT2D eigenvalue weighted by atomic mass is 10.0. The van der Waals surface area contributed by atoms with E-state index in [1.54, 1.807) is 46.9 Å². The molecule has 4 aromatic heterocycles. The molecule has 268 valence electrons. The standard InChI is InChI=1S/C20H26ClN3O3.C16H18ClN3O3/c1-19(2,3)27-18(25)14-6-7-15(22-17(14)21)24-12-8-16(23-24)26-13-5-9-20(4)10-11-20;1-16(7-8-16)6-2-10-23-13-5-9-20(19-13)12-4-3-11(15(21)22)14(17)18-12/h6-8,12H,5,9-11,13H2,1-4H3;3-5,9H,2,6-8,10H2,1H3,(H,21,22)/i5D2,9D2;2D2,6D2. The molecule has 12 nitrogen and oxygen atoms in total. The number of carbonyl (C=O) groups excluding carboxylic acids is 1. The second-order valence-corrected chi connectivity index (χ2v) is 14.0. The normalized spacial score (nSPS) is 18.9. The molecule has 50 heavy (non-hydrogen) atoms. The Morgan fingerprint density at radius 2 is 1.24 bits per heavy atom. The van der Waals surface area contributed by atoms with Crippen molar-refractivity contribution in [3.8, 4) is 23.4 Å². The third kappa shape index (κ3) is 10.7. The number of carboxylic acid groups (broad SMARTS) is 1. The fraction of sp³-hybridized carbons (Fsp3) is 0.500. The third-order valence-corrected chi connectivity index (χ3v) is 8.06. The van der Waals surface area contributed by atoms with E-state index in [1.807, 2.05) is 0 Å². The van der Waals surface area contributed by atoms with E-state index in [2.05, 4.69) is 20.2 Å². The number of aromatic carboxylic acids is 1. The number of pyridine rings is 2. The Labute approximate surface area is 313 Å². The average Bonchev–Trinajstić information content (AvgIpc) is 3.93. The lowest BCUT2D eigenvalue weighted by molar-refractivity contribution is 0.00690. The van der Waals surface area contributed by atoms with Gasteiger partial charge in [0.25, 0.3) is 0 Å². The van der Waals surface area contributed by atoms with Crippen LogP contribution in [0, 0.1) is 10.8 Å². The molecule has 1 N–H and O–H groups in total. The molecular weight excluding hydrogens is 683 g/mol. The molecule has 2 saturated carbocycles. The van der Waals surface area contributed by atoms with Crippen molar-refractivity contribution in [3.05, 3.63) is 70.2 Å². The van der Waals surface area contributed by atoms with Crippen LogP contribution in [0.5, 0.6) is 11.8 Å². The van der Waals surface area contributed by atoms with Gasteiger partial charge in [-0.05, 0) is 107 Å². The summed E-state index contributed by atoms with van der Waals surface area (Å²) in [5.74, 6) is -0.961. The highest BCUT2D eigenvalue weighted by Gasteiger charge is 2.36. The van der Waals surface area contributed by atoms with E-state index < -0.39 is 67.1 Å². The highest BCUT2D eigenvalue weighted by Crippen LogP contribution is 2.49. The lowest BCUT2D eigenvalue weighted by Crippen LogP contribution is -2.24. The summed E-state index contributed by atoms with van der Waals surface area (Å²) in [5.41, 5.74) is -2.01. The summed E-state index contributed by atoms with van der Waals surface area (Å²) in [5, 5.41) is 17.0. The zero-order chi connectivity index (χ0) is 43.3. The smallest absolute Gasteiger partial charge is 0.341 e. The number of aromatic nitrogens is 6. The molecule has 0 spiro atoms. The fourth-order valence-electron chi connectivity index (χ4n) is 4.12. The fourth-order valence-corrected chi connectivity index (χ4v) is 4.57. The van der Waals surface area contributed by atoms with Crippen LogP contribution in [0.25, 0.3) is 11.6 Å². The van der Waals surface area contributed by atoms with E-state index in [9.17, 15) is 9.59 Å². The van der Waals surface area contributed by atoms with Crippen molar-refractivity contribution in [1.29, 1.82) is 0 Å². The van der Waals surface area contributed by atoms with Crippen molar-refractivity contribution in [3.63, 3.8) is 0 Å². The second kappa shape index (κ2) is 15.4. The zero-order valence-electron chi connectivity index (χ0n) is 36.3. The molecule has 4 heterocycles. The van der Waals surface area contributed by atoms with Gasteiger partial charge in [0.1, 0.15) is 15.9 Å². The van der Waals surface area contributed by atoms with Crippen molar-refractivity contribution in [2.45, 2.75) is 91.4 Å². The molecule has 0 saturated heterocycles. The van der Waals surface area contributed by atoms with Crippen molar-refractivity contribution in [1.82, 2.24) is 29.5 Å². The van der Waals surface area contributed by atoms with Crippen LogP contribution in [0.2, 0.25) is 10.3 Å². The van der Waals surface area contributed by atoms with Crippen LogP contribution in [-0.2, 0) is 4.74 Å². The number of carboxylic acids is 1. The minimum atomic E-state index is -2.19. The molecule has 2 aliphatic carbocycles. The summed E-state index contributed by atoms with van der Waals surface area (Å²) in [4.78, 5) is 31.3. The summed E-state index contributed by atoms with van der Waals surface area (Å²) < 4.78 is 84.0. The number of rotatable bonds is 14. The first-order valence-electron chi connectivity index (χ1n) is 19.8. The highest BCUT2D eigenvalue weighted by molar-refractivity contribution is 6.32. The summed E-state index contributed by atoms with van der Waals surface area (Å²) in [6.07, 6.45) is -2.77. The summed E-state index contributed by atoms with van der Waals surface area (Å²) >= 11 is 12.0. The van der Waals surface area contributed by atoms with Gasteiger partial charge >= 0.3 is 11.9 Å². The first-order valence-corrected chi connectivity index (χ1v) is 16.6. The molecule has 0 aromatic carbocycles. The van der Waals surface area contributed by atoms with Gasteiger partial charge in [0.15, 0.2) is 11.6 Å². The molecule has 2 aliphatic rings. The molecule has 2 fully saturated rings. The summed E-state index contributed by atoms with van der Waals surface area (Å²) in [6.45, 7) is 7.78. The van der Waals surface area contributed by atoms with E-state index in [0.29, 0.717) is 31.5 Å². The van der Waals surface area contributed by atoms with Gasteiger partial charge in [0, 0.05) is 35.5 Å². The Morgan fingerprint density at radius 1 is 0.800 bits per heavy atom. The van der Waals surface area contributed by atoms with Gasteiger partial charge in [0.05, 0.1) is 24.3 Å². The second-order valence-electron chi connectivity index (χ2n) is 13.3. The van der Waals surface area contributed by atoms with Crippen LogP contribution >= 0.6 is 23.2 Å². The number of carbonyl (C=O) groups is 2. The van der Waals surface area contributed by atoms with E-state index in [-0.39, 0.29) is 39.0 Å².